The van der Waals surface area contributed by atoms with Crippen LogP contribution in [0.4, 0.5) is 10.1 Å². The Hall–Kier alpha value is -4.40. The maximum absolute atomic E-state index is 13.6. The van der Waals surface area contributed by atoms with Crippen molar-refractivity contribution >= 4 is 39.3 Å². The number of fused-ring (bicyclic) bond motifs is 2. The summed E-state index contributed by atoms with van der Waals surface area (Å²) in [4.78, 5) is 40.1. The molecule has 0 aliphatic rings. The third-order valence-corrected chi connectivity index (χ3v) is 5.11. The molecule has 0 spiro atoms. The summed E-state index contributed by atoms with van der Waals surface area (Å²) >= 11 is 0. The normalized spacial score (nSPS) is 11.9. The maximum atomic E-state index is 13.6. The molecule has 3 aromatic carbocycles. The van der Waals surface area contributed by atoms with Gasteiger partial charge in [-0.3, -0.25) is 19.7 Å². The lowest BCUT2D eigenvalue weighted by Crippen LogP contribution is -2.46. The number of amides is 2. The summed E-state index contributed by atoms with van der Waals surface area (Å²) in [5, 5.41) is 14.8. The molecule has 4 aromatic rings. The van der Waals surface area contributed by atoms with E-state index >= 15 is 0 Å². The summed E-state index contributed by atoms with van der Waals surface area (Å²) in [7, 11) is 0. The van der Waals surface area contributed by atoms with Crippen molar-refractivity contribution in [2.75, 3.05) is 0 Å². The fourth-order valence-corrected chi connectivity index (χ4v) is 3.60. The predicted octanol–water partition coefficient (Wildman–Crippen LogP) is 3.26. The summed E-state index contributed by atoms with van der Waals surface area (Å²) < 4.78 is 13.6. The largest absolute Gasteiger partial charge is 0.368 e. The van der Waals surface area contributed by atoms with Gasteiger partial charge in [0, 0.05) is 23.3 Å². The number of carbonyl (C=O) groups excluding carboxylic acids is 2. The van der Waals surface area contributed by atoms with Crippen LogP contribution in [0.2, 0.25) is 0 Å². The van der Waals surface area contributed by atoms with Crippen molar-refractivity contribution in [1.29, 1.82) is 0 Å². The Balaban J connectivity index is 1.71. The van der Waals surface area contributed by atoms with E-state index < -0.39 is 34.3 Å². The molecule has 32 heavy (non-hydrogen) atoms. The fraction of sp³-hybridized carbons (Fsp3) is 0.0870. The SMILES string of the molecule is NC(=O)[C@@H](Cc1ccc(F)c([N+](=O)[O-])c1)NC(=O)c1c2ccccc2nc2ccccc12. The van der Waals surface area contributed by atoms with Crippen LogP contribution in [0.5, 0.6) is 0 Å². The summed E-state index contributed by atoms with van der Waals surface area (Å²) in [5.41, 5.74) is 6.61. The van der Waals surface area contributed by atoms with Gasteiger partial charge >= 0.3 is 5.69 Å². The summed E-state index contributed by atoms with van der Waals surface area (Å²) in [6.45, 7) is 0. The number of carbonyl (C=O) groups is 2. The molecule has 0 unspecified atom stereocenters. The summed E-state index contributed by atoms with van der Waals surface area (Å²) in [6, 6.07) is 16.3. The molecule has 0 aliphatic heterocycles. The van der Waals surface area contributed by atoms with Gasteiger partial charge in [0.2, 0.25) is 11.7 Å². The van der Waals surface area contributed by atoms with Crippen LogP contribution in [-0.4, -0.2) is 27.8 Å². The average molecular weight is 432 g/mol. The van der Waals surface area contributed by atoms with Gasteiger partial charge in [0.25, 0.3) is 5.91 Å². The second-order valence-corrected chi connectivity index (χ2v) is 7.20. The topological polar surface area (TPSA) is 128 Å². The molecule has 0 fully saturated rings. The summed E-state index contributed by atoms with van der Waals surface area (Å²) in [6.07, 6.45) is -0.136. The smallest absolute Gasteiger partial charge is 0.305 e. The van der Waals surface area contributed by atoms with E-state index in [1.54, 1.807) is 48.5 Å². The van der Waals surface area contributed by atoms with E-state index in [4.69, 9.17) is 5.73 Å². The lowest BCUT2D eigenvalue weighted by atomic mass is 10.00. The minimum absolute atomic E-state index is 0.136. The molecule has 8 nitrogen and oxygen atoms in total. The van der Waals surface area contributed by atoms with Gasteiger partial charge in [-0.05, 0) is 23.8 Å². The molecule has 1 aromatic heterocycles. The van der Waals surface area contributed by atoms with Gasteiger partial charge in [0.05, 0.1) is 21.5 Å². The van der Waals surface area contributed by atoms with Gasteiger partial charge in [0.15, 0.2) is 0 Å². The van der Waals surface area contributed by atoms with Crippen molar-refractivity contribution in [2.24, 2.45) is 5.73 Å². The highest BCUT2D eigenvalue weighted by Gasteiger charge is 2.24. The van der Waals surface area contributed by atoms with Gasteiger partial charge < -0.3 is 11.1 Å². The van der Waals surface area contributed by atoms with Crippen molar-refractivity contribution in [3.63, 3.8) is 0 Å². The van der Waals surface area contributed by atoms with Crippen LogP contribution in [0.1, 0.15) is 15.9 Å². The molecule has 3 N–H and O–H groups in total. The first-order chi connectivity index (χ1) is 15.3. The highest BCUT2D eigenvalue weighted by atomic mass is 19.1. The van der Waals surface area contributed by atoms with Crippen molar-refractivity contribution in [3.05, 3.63) is 93.8 Å². The minimum Gasteiger partial charge on any atom is -0.368 e. The predicted molar refractivity (Wildman–Crippen MR) is 116 cm³/mol. The standard InChI is InChI=1S/C23H17FN4O4/c24-16-10-9-13(12-20(16)28(31)32)11-19(22(25)29)27-23(30)21-14-5-1-3-7-17(14)26-18-8-4-2-6-15(18)21/h1-10,12,19H,11H2,(H2,25,29)(H,27,30)/t19-/m1/s1. The van der Waals surface area contributed by atoms with Crippen molar-refractivity contribution in [3.8, 4) is 0 Å². The molecule has 9 heteroatoms. The zero-order valence-corrected chi connectivity index (χ0v) is 16.6. The number of rotatable bonds is 6. The lowest BCUT2D eigenvalue weighted by Gasteiger charge is -2.17. The number of aromatic nitrogens is 1. The Kier molecular flexibility index (Phi) is 5.46. The Morgan fingerprint density at radius 2 is 1.62 bits per heavy atom. The third kappa shape index (κ3) is 3.95. The minimum atomic E-state index is -1.17. The maximum Gasteiger partial charge on any atom is 0.305 e. The zero-order chi connectivity index (χ0) is 22.8. The van der Waals surface area contributed by atoms with Gasteiger partial charge in [-0.1, -0.05) is 42.5 Å². The molecule has 1 atom stereocenters. The quantitative estimate of drug-likeness (QED) is 0.275. The molecular weight excluding hydrogens is 415 g/mol. The molecule has 0 aliphatic carbocycles. The van der Waals surface area contributed by atoms with Gasteiger partial charge in [-0.2, -0.15) is 4.39 Å². The Morgan fingerprint density at radius 3 is 2.19 bits per heavy atom. The molecule has 2 amide bonds. The molecular formula is C23H17FN4O4. The second kappa shape index (κ2) is 8.38. The molecule has 0 radical (unpaired) electrons. The highest BCUT2D eigenvalue weighted by Crippen LogP contribution is 2.26. The Morgan fingerprint density at radius 1 is 1.03 bits per heavy atom. The molecule has 0 saturated heterocycles. The van der Waals surface area contributed by atoms with E-state index in [0.29, 0.717) is 27.4 Å². The van der Waals surface area contributed by atoms with Crippen LogP contribution in [0.15, 0.2) is 66.7 Å². The van der Waals surface area contributed by atoms with E-state index in [-0.39, 0.29) is 12.0 Å². The lowest BCUT2D eigenvalue weighted by molar-refractivity contribution is -0.387. The molecule has 0 bridgehead atoms. The zero-order valence-electron chi connectivity index (χ0n) is 16.6. The number of nitro benzene ring substituents is 1. The first-order valence-electron chi connectivity index (χ1n) is 9.65. The van der Waals surface area contributed by atoms with E-state index in [0.717, 1.165) is 12.1 Å². The van der Waals surface area contributed by atoms with Crippen LogP contribution in [0.25, 0.3) is 21.8 Å². The number of nitro groups is 1. The van der Waals surface area contributed by atoms with Crippen LogP contribution in [-0.2, 0) is 11.2 Å². The summed E-state index contributed by atoms with van der Waals surface area (Å²) in [5.74, 6) is -2.36. The third-order valence-electron chi connectivity index (χ3n) is 5.11. The molecule has 4 rings (SSSR count). The molecule has 160 valence electrons. The van der Waals surface area contributed by atoms with Crippen LogP contribution in [0.3, 0.4) is 0 Å². The van der Waals surface area contributed by atoms with E-state index in [1.165, 1.54) is 6.07 Å². The number of benzene rings is 3. The number of nitrogens with one attached hydrogen (secondary N) is 1. The Bertz CT molecular complexity index is 1340. The van der Waals surface area contributed by atoms with Crippen LogP contribution < -0.4 is 11.1 Å². The first-order valence-corrected chi connectivity index (χ1v) is 9.65. The van der Waals surface area contributed by atoms with Crippen molar-refractivity contribution in [1.82, 2.24) is 10.3 Å². The second-order valence-electron chi connectivity index (χ2n) is 7.20. The number of primary amides is 1. The van der Waals surface area contributed by atoms with Crippen LogP contribution in [0, 0.1) is 15.9 Å². The molecule has 0 saturated carbocycles. The average Bonchev–Trinajstić information content (AvgIpc) is 2.77. The van der Waals surface area contributed by atoms with Gasteiger partial charge in [-0.25, -0.2) is 4.98 Å². The van der Waals surface area contributed by atoms with E-state index in [9.17, 15) is 24.1 Å². The van der Waals surface area contributed by atoms with Gasteiger partial charge in [0.1, 0.15) is 6.04 Å². The number of para-hydroxylation sites is 2. The number of nitrogens with zero attached hydrogens (tertiary/aromatic N) is 2. The molecule has 1 heterocycles. The van der Waals surface area contributed by atoms with Crippen molar-refractivity contribution in [2.45, 2.75) is 12.5 Å². The number of nitrogens with two attached hydrogens (primary N) is 1. The van der Waals surface area contributed by atoms with E-state index in [1.807, 2.05) is 0 Å². The van der Waals surface area contributed by atoms with Gasteiger partial charge in [-0.15, -0.1) is 0 Å². The number of pyridine rings is 1. The monoisotopic (exact) mass is 432 g/mol. The van der Waals surface area contributed by atoms with Crippen LogP contribution >= 0.6 is 0 Å². The van der Waals surface area contributed by atoms with E-state index in [2.05, 4.69) is 10.3 Å². The highest BCUT2D eigenvalue weighted by molar-refractivity contribution is 6.16. The van der Waals surface area contributed by atoms with Crippen molar-refractivity contribution < 1.29 is 18.9 Å². The Labute approximate surface area is 181 Å². The first kappa shape index (κ1) is 20.9. The number of hydrogen-bond donors (Lipinski definition) is 2. The number of halogens is 1. The fourth-order valence-electron chi connectivity index (χ4n) is 3.60. The number of hydrogen-bond acceptors (Lipinski definition) is 5.